The van der Waals surface area contributed by atoms with Crippen LogP contribution in [0.3, 0.4) is 0 Å². The van der Waals surface area contributed by atoms with Gasteiger partial charge in [-0.2, -0.15) is 0 Å². The van der Waals surface area contributed by atoms with Crippen LogP contribution in [0.25, 0.3) is 0 Å². The maximum Gasteiger partial charge on any atom is 0.0472 e. The van der Waals surface area contributed by atoms with E-state index in [0.29, 0.717) is 10.8 Å². The number of rotatable bonds is 7. The minimum atomic E-state index is 0.306. The number of nitrogens with one attached hydrogen (secondary N) is 1. The average Bonchev–Trinajstić information content (AvgIpc) is 3.11. The van der Waals surface area contributed by atoms with Crippen molar-refractivity contribution in [1.82, 2.24) is 5.32 Å². The summed E-state index contributed by atoms with van der Waals surface area (Å²) < 4.78 is 5.44. The summed E-state index contributed by atoms with van der Waals surface area (Å²) in [4.78, 5) is 0. The first-order valence-electron chi connectivity index (χ1n) is 7.23. The molecule has 1 saturated carbocycles. The molecule has 100 valence electrons. The highest BCUT2D eigenvalue weighted by atomic mass is 16.5. The number of nitrogens with two attached hydrogens (primary N) is 1. The summed E-state index contributed by atoms with van der Waals surface area (Å²) >= 11 is 0. The molecule has 0 spiro atoms. The molecule has 3 N–H and O–H groups in total. The first-order valence-corrected chi connectivity index (χ1v) is 7.23. The number of ether oxygens (including phenoxy) is 1. The lowest BCUT2D eigenvalue weighted by atomic mass is 9.80. The van der Waals surface area contributed by atoms with Gasteiger partial charge in [-0.1, -0.05) is 13.3 Å². The zero-order valence-corrected chi connectivity index (χ0v) is 11.3. The van der Waals surface area contributed by atoms with Crippen LogP contribution in [0.1, 0.15) is 45.4 Å². The quantitative estimate of drug-likeness (QED) is 0.714. The molecule has 0 radical (unpaired) electrons. The fourth-order valence-electron chi connectivity index (χ4n) is 3.07. The summed E-state index contributed by atoms with van der Waals surface area (Å²) in [5.74, 6) is 0. The van der Waals surface area contributed by atoms with Crippen molar-refractivity contribution in [2.75, 3.05) is 32.8 Å². The highest BCUT2D eigenvalue weighted by Crippen LogP contribution is 2.49. The minimum Gasteiger partial charge on any atom is -0.381 e. The topological polar surface area (TPSA) is 47.3 Å². The van der Waals surface area contributed by atoms with E-state index in [-0.39, 0.29) is 0 Å². The Hall–Kier alpha value is -0.120. The molecule has 1 heterocycles. The molecule has 2 aliphatic rings. The van der Waals surface area contributed by atoms with Gasteiger partial charge in [0.15, 0.2) is 0 Å². The monoisotopic (exact) mass is 240 g/mol. The molecule has 0 bridgehead atoms. The molecule has 2 rings (SSSR count). The van der Waals surface area contributed by atoms with Gasteiger partial charge in [0.1, 0.15) is 0 Å². The summed E-state index contributed by atoms with van der Waals surface area (Å²) in [7, 11) is 0. The zero-order valence-electron chi connectivity index (χ0n) is 11.3. The van der Waals surface area contributed by atoms with Crippen molar-refractivity contribution >= 4 is 0 Å². The highest BCUT2D eigenvalue weighted by molar-refractivity contribution is 4.95. The van der Waals surface area contributed by atoms with Crippen LogP contribution in [0.2, 0.25) is 0 Å². The van der Waals surface area contributed by atoms with Gasteiger partial charge >= 0.3 is 0 Å². The normalized spacial score (nSPS) is 25.8. The van der Waals surface area contributed by atoms with Gasteiger partial charge < -0.3 is 15.8 Å². The van der Waals surface area contributed by atoms with Crippen molar-refractivity contribution in [3.8, 4) is 0 Å². The maximum absolute atomic E-state index is 5.97. The molecule has 3 heteroatoms. The predicted octanol–water partition coefficient (Wildman–Crippen LogP) is 1.91. The van der Waals surface area contributed by atoms with Crippen LogP contribution in [-0.4, -0.2) is 32.8 Å². The molecule has 17 heavy (non-hydrogen) atoms. The molecular formula is C14H28N2O. The Kier molecular flexibility index (Phi) is 4.45. The standard InChI is InChI=1S/C14H28N2O/c1-2-3-13(4-5-13)11-16-12-14(10-15)6-8-17-9-7-14/h16H,2-12,15H2,1H3. The van der Waals surface area contributed by atoms with Crippen LogP contribution in [-0.2, 0) is 4.74 Å². The van der Waals surface area contributed by atoms with E-state index in [0.717, 1.165) is 39.1 Å². The summed E-state index contributed by atoms with van der Waals surface area (Å²) in [5, 5.41) is 3.70. The van der Waals surface area contributed by atoms with Gasteiger partial charge in [0.25, 0.3) is 0 Å². The Bertz CT molecular complexity index is 232. The molecule has 1 saturated heterocycles. The molecule has 0 aromatic carbocycles. The lowest BCUT2D eigenvalue weighted by Crippen LogP contribution is -2.45. The minimum absolute atomic E-state index is 0.306. The molecule has 0 atom stereocenters. The van der Waals surface area contributed by atoms with E-state index >= 15 is 0 Å². The van der Waals surface area contributed by atoms with E-state index in [4.69, 9.17) is 10.5 Å². The van der Waals surface area contributed by atoms with Crippen molar-refractivity contribution in [1.29, 1.82) is 0 Å². The second kappa shape index (κ2) is 5.68. The van der Waals surface area contributed by atoms with Gasteiger partial charge in [-0.05, 0) is 49.5 Å². The summed E-state index contributed by atoms with van der Waals surface area (Å²) in [6.45, 7) is 7.14. The molecular weight excluding hydrogens is 212 g/mol. The predicted molar refractivity (Wildman–Crippen MR) is 71.0 cm³/mol. The van der Waals surface area contributed by atoms with Crippen molar-refractivity contribution in [3.63, 3.8) is 0 Å². The van der Waals surface area contributed by atoms with Crippen LogP contribution in [0, 0.1) is 10.8 Å². The van der Waals surface area contributed by atoms with Gasteiger partial charge in [0, 0.05) is 26.3 Å². The molecule has 1 aliphatic carbocycles. The molecule has 0 aromatic rings. The largest absolute Gasteiger partial charge is 0.381 e. The summed E-state index contributed by atoms with van der Waals surface area (Å²) in [6, 6.07) is 0. The van der Waals surface area contributed by atoms with Gasteiger partial charge in [-0.25, -0.2) is 0 Å². The van der Waals surface area contributed by atoms with Crippen molar-refractivity contribution in [2.45, 2.75) is 45.4 Å². The van der Waals surface area contributed by atoms with E-state index in [1.807, 2.05) is 0 Å². The van der Waals surface area contributed by atoms with E-state index in [1.165, 1.54) is 32.2 Å². The molecule has 0 aromatic heterocycles. The first kappa shape index (κ1) is 13.3. The molecule has 2 fully saturated rings. The number of hydrogen-bond donors (Lipinski definition) is 2. The molecule has 0 unspecified atom stereocenters. The summed E-state index contributed by atoms with van der Waals surface area (Å²) in [6.07, 6.45) is 7.80. The lowest BCUT2D eigenvalue weighted by molar-refractivity contribution is 0.0187. The smallest absolute Gasteiger partial charge is 0.0472 e. The Balaban J connectivity index is 1.72. The van der Waals surface area contributed by atoms with Crippen molar-refractivity contribution < 1.29 is 4.74 Å². The maximum atomic E-state index is 5.97. The Labute approximate surface area is 105 Å². The Morgan fingerprint density at radius 2 is 1.71 bits per heavy atom. The van der Waals surface area contributed by atoms with E-state index in [2.05, 4.69) is 12.2 Å². The third-order valence-electron chi connectivity index (χ3n) is 4.72. The fourth-order valence-corrected chi connectivity index (χ4v) is 3.07. The third kappa shape index (κ3) is 3.43. The molecule has 0 amide bonds. The van der Waals surface area contributed by atoms with Crippen LogP contribution >= 0.6 is 0 Å². The third-order valence-corrected chi connectivity index (χ3v) is 4.72. The Morgan fingerprint density at radius 1 is 1.06 bits per heavy atom. The second-order valence-electron chi connectivity index (χ2n) is 6.17. The fraction of sp³-hybridized carbons (Fsp3) is 1.00. The van der Waals surface area contributed by atoms with Crippen LogP contribution in [0.4, 0.5) is 0 Å². The SMILES string of the molecule is CCCC1(CNCC2(CN)CCOCC2)CC1. The summed E-state index contributed by atoms with van der Waals surface area (Å²) in [5.41, 5.74) is 6.92. The highest BCUT2D eigenvalue weighted by Gasteiger charge is 2.41. The van der Waals surface area contributed by atoms with Crippen LogP contribution in [0.15, 0.2) is 0 Å². The van der Waals surface area contributed by atoms with Gasteiger partial charge in [-0.15, -0.1) is 0 Å². The second-order valence-corrected chi connectivity index (χ2v) is 6.17. The lowest BCUT2D eigenvalue weighted by Gasteiger charge is -2.36. The van der Waals surface area contributed by atoms with E-state index in [9.17, 15) is 0 Å². The zero-order chi connectivity index (χ0) is 12.2. The van der Waals surface area contributed by atoms with Crippen LogP contribution < -0.4 is 11.1 Å². The average molecular weight is 240 g/mol. The van der Waals surface area contributed by atoms with E-state index < -0.39 is 0 Å². The number of hydrogen-bond acceptors (Lipinski definition) is 3. The molecule has 3 nitrogen and oxygen atoms in total. The van der Waals surface area contributed by atoms with Crippen LogP contribution in [0.5, 0.6) is 0 Å². The Morgan fingerprint density at radius 3 is 2.24 bits per heavy atom. The first-order chi connectivity index (χ1) is 8.24. The van der Waals surface area contributed by atoms with Gasteiger partial charge in [-0.3, -0.25) is 0 Å². The molecule has 1 aliphatic heterocycles. The van der Waals surface area contributed by atoms with Crippen molar-refractivity contribution in [2.24, 2.45) is 16.6 Å². The van der Waals surface area contributed by atoms with Gasteiger partial charge in [0.05, 0.1) is 0 Å². The van der Waals surface area contributed by atoms with Gasteiger partial charge in [0.2, 0.25) is 0 Å². The van der Waals surface area contributed by atoms with Crippen molar-refractivity contribution in [3.05, 3.63) is 0 Å². The van der Waals surface area contributed by atoms with E-state index in [1.54, 1.807) is 0 Å².